The normalized spacial score (nSPS) is 10.0. The largest absolute Gasteiger partial charge is 0.174 e. The summed E-state index contributed by atoms with van der Waals surface area (Å²) < 4.78 is 0. The minimum absolute atomic E-state index is 0.860. The van der Waals surface area contributed by atoms with Crippen LogP contribution in [0.2, 0.25) is 0 Å². The highest BCUT2D eigenvalue weighted by molar-refractivity contribution is 7.80. The van der Waals surface area contributed by atoms with Crippen LogP contribution in [0, 0.1) is 0 Å². The van der Waals surface area contributed by atoms with Gasteiger partial charge >= 0.3 is 0 Å². The molecule has 0 aliphatic heterocycles. The van der Waals surface area contributed by atoms with Gasteiger partial charge in [-0.05, 0) is 10.6 Å². The molecule has 50 valence electrons. The molecule has 0 amide bonds. The van der Waals surface area contributed by atoms with E-state index in [4.69, 9.17) is 0 Å². The molecule has 0 bridgehead atoms. The summed E-state index contributed by atoms with van der Waals surface area (Å²) in [7, 11) is 0.860. The summed E-state index contributed by atoms with van der Waals surface area (Å²) in [5, 5.41) is 2.87. The van der Waals surface area contributed by atoms with Gasteiger partial charge in [-0.2, -0.15) is 25.3 Å². The van der Waals surface area contributed by atoms with Crippen LogP contribution in [0.25, 0.3) is 0 Å². The Kier molecular flexibility index (Phi) is 3.03. The molecule has 1 rings (SSSR count). The molecule has 0 saturated heterocycles. The Morgan fingerprint density at radius 3 is 1.78 bits per heavy atom. The van der Waals surface area contributed by atoms with Crippen molar-refractivity contribution in [2.24, 2.45) is 0 Å². The van der Waals surface area contributed by atoms with Gasteiger partial charge in [0.1, 0.15) is 0 Å². The lowest BCUT2D eigenvalue weighted by atomic mass is 10.5. The van der Waals surface area contributed by atoms with Crippen molar-refractivity contribution in [1.82, 2.24) is 0 Å². The molecule has 1 heterocycles. The van der Waals surface area contributed by atoms with E-state index in [0.29, 0.717) is 0 Å². The first kappa shape index (κ1) is 7.59. The highest BCUT2D eigenvalue weighted by Crippen LogP contribution is 2.24. The minimum atomic E-state index is 0.860. The number of rotatable bonds is 2. The van der Waals surface area contributed by atoms with Crippen molar-refractivity contribution in [3.05, 3.63) is 22.7 Å². The van der Waals surface area contributed by atoms with Crippen molar-refractivity contribution in [1.29, 1.82) is 0 Å². The van der Waals surface area contributed by atoms with Gasteiger partial charge in [0.15, 0.2) is 0 Å². The molecular formula is C6H9PS2. The second-order valence-corrected chi connectivity index (χ2v) is 3.99. The molecule has 0 atom stereocenters. The predicted octanol–water partition coefficient (Wildman–Crippen LogP) is 2.58. The van der Waals surface area contributed by atoms with E-state index >= 15 is 0 Å². The van der Waals surface area contributed by atoms with Crippen molar-refractivity contribution in [2.45, 2.75) is 11.5 Å². The Morgan fingerprint density at radius 2 is 1.56 bits per heavy atom. The van der Waals surface area contributed by atoms with Crippen LogP contribution in [-0.2, 0) is 11.5 Å². The minimum Gasteiger partial charge on any atom is -0.174 e. The van der Waals surface area contributed by atoms with Gasteiger partial charge in [-0.3, -0.25) is 0 Å². The Morgan fingerprint density at radius 1 is 1.11 bits per heavy atom. The SMILES string of the molecule is SCc1ccc(CS)[pH]1. The molecule has 0 saturated carbocycles. The Bertz CT molecular complexity index is 164. The maximum absolute atomic E-state index is 4.18. The van der Waals surface area contributed by atoms with Gasteiger partial charge in [-0.15, -0.1) is 8.19 Å². The first-order chi connectivity index (χ1) is 4.36. The van der Waals surface area contributed by atoms with Gasteiger partial charge in [0.2, 0.25) is 0 Å². The van der Waals surface area contributed by atoms with Gasteiger partial charge in [0, 0.05) is 11.5 Å². The third kappa shape index (κ3) is 1.96. The third-order valence-corrected chi connectivity index (χ3v) is 3.75. The quantitative estimate of drug-likeness (QED) is 0.636. The molecule has 0 spiro atoms. The van der Waals surface area contributed by atoms with Crippen LogP contribution in [0.3, 0.4) is 0 Å². The fourth-order valence-electron chi connectivity index (χ4n) is 0.675. The molecule has 0 nitrogen and oxygen atoms in total. The van der Waals surface area contributed by atoms with Crippen LogP contribution in [0.5, 0.6) is 0 Å². The van der Waals surface area contributed by atoms with E-state index in [0.717, 1.165) is 19.7 Å². The van der Waals surface area contributed by atoms with Crippen LogP contribution in [0.15, 0.2) is 12.1 Å². The van der Waals surface area contributed by atoms with E-state index in [1.54, 1.807) is 0 Å². The summed E-state index contributed by atoms with van der Waals surface area (Å²) in [5.41, 5.74) is 0. The summed E-state index contributed by atoms with van der Waals surface area (Å²) in [5.74, 6) is 1.79. The van der Waals surface area contributed by atoms with Crippen LogP contribution in [0.4, 0.5) is 0 Å². The summed E-state index contributed by atoms with van der Waals surface area (Å²) >= 11 is 8.35. The highest BCUT2D eigenvalue weighted by Gasteiger charge is 1.92. The van der Waals surface area contributed by atoms with Crippen LogP contribution in [0.1, 0.15) is 10.6 Å². The molecule has 0 unspecified atom stereocenters. The van der Waals surface area contributed by atoms with Crippen molar-refractivity contribution in [3.63, 3.8) is 0 Å². The second-order valence-electron chi connectivity index (χ2n) is 1.83. The van der Waals surface area contributed by atoms with Crippen LogP contribution in [-0.4, -0.2) is 0 Å². The molecule has 1 aromatic heterocycles. The maximum Gasteiger partial charge on any atom is 0.0189 e. The molecule has 3 heteroatoms. The molecular weight excluding hydrogens is 167 g/mol. The maximum atomic E-state index is 4.18. The van der Waals surface area contributed by atoms with Gasteiger partial charge in [0.25, 0.3) is 0 Å². The van der Waals surface area contributed by atoms with E-state index in [-0.39, 0.29) is 0 Å². The average Bonchev–Trinajstić information content (AvgIpc) is 2.34. The second kappa shape index (κ2) is 3.60. The monoisotopic (exact) mass is 176 g/mol. The molecule has 0 aliphatic carbocycles. The summed E-state index contributed by atoms with van der Waals surface area (Å²) in [6.45, 7) is 0. The zero-order valence-electron chi connectivity index (χ0n) is 4.96. The fourth-order valence-corrected chi connectivity index (χ4v) is 2.26. The number of hydrogen-bond donors (Lipinski definition) is 2. The summed E-state index contributed by atoms with van der Waals surface area (Å²) in [6, 6.07) is 4.30. The van der Waals surface area contributed by atoms with E-state index in [1.165, 1.54) is 10.6 Å². The number of hydrogen-bond acceptors (Lipinski definition) is 2. The smallest absolute Gasteiger partial charge is 0.0189 e. The predicted molar refractivity (Wildman–Crippen MR) is 51.3 cm³/mol. The molecule has 1 aromatic rings. The standard InChI is InChI=1S/C6H9PS2/c8-3-5-1-2-6(4-9)7-5/h1-2,7-9H,3-4H2. The highest BCUT2D eigenvalue weighted by atomic mass is 32.1. The molecule has 9 heavy (non-hydrogen) atoms. The molecule has 0 N–H and O–H groups in total. The van der Waals surface area contributed by atoms with E-state index in [9.17, 15) is 0 Å². The lowest BCUT2D eigenvalue weighted by Gasteiger charge is -1.84. The van der Waals surface area contributed by atoms with Crippen molar-refractivity contribution in [2.75, 3.05) is 0 Å². The zero-order valence-corrected chi connectivity index (χ0v) is 7.75. The fraction of sp³-hybridized carbons (Fsp3) is 0.333. The van der Waals surface area contributed by atoms with E-state index in [2.05, 4.69) is 37.4 Å². The lowest BCUT2D eigenvalue weighted by molar-refractivity contribution is 1.55. The van der Waals surface area contributed by atoms with Gasteiger partial charge in [-0.1, -0.05) is 12.1 Å². The van der Waals surface area contributed by atoms with Gasteiger partial charge in [-0.25, -0.2) is 0 Å². The van der Waals surface area contributed by atoms with Crippen molar-refractivity contribution < 1.29 is 0 Å². The van der Waals surface area contributed by atoms with Crippen LogP contribution < -0.4 is 0 Å². The van der Waals surface area contributed by atoms with Gasteiger partial charge < -0.3 is 0 Å². The average molecular weight is 176 g/mol. The zero-order chi connectivity index (χ0) is 6.69. The topological polar surface area (TPSA) is 0 Å². The Labute approximate surface area is 68.0 Å². The van der Waals surface area contributed by atoms with Gasteiger partial charge in [0.05, 0.1) is 0 Å². The van der Waals surface area contributed by atoms with Crippen LogP contribution >= 0.6 is 33.5 Å². The molecule has 0 aromatic carbocycles. The molecule has 0 aliphatic rings. The molecule has 0 fully saturated rings. The summed E-state index contributed by atoms with van der Waals surface area (Å²) in [4.78, 5) is 0. The third-order valence-electron chi connectivity index (χ3n) is 1.15. The van der Waals surface area contributed by atoms with E-state index in [1.807, 2.05) is 0 Å². The Hall–Kier alpha value is 0.480. The van der Waals surface area contributed by atoms with E-state index < -0.39 is 0 Å². The lowest BCUT2D eigenvalue weighted by Crippen LogP contribution is -1.59. The number of thiol groups is 2. The van der Waals surface area contributed by atoms with Crippen molar-refractivity contribution >= 4 is 33.5 Å². The summed E-state index contributed by atoms with van der Waals surface area (Å²) in [6.07, 6.45) is 0. The Balaban J connectivity index is 2.74. The molecule has 0 radical (unpaired) electrons. The first-order valence-electron chi connectivity index (χ1n) is 2.75. The van der Waals surface area contributed by atoms with Crippen molar-refractivity contribution in [3.8, 4) is 0 Å². The first-order valence-corrected chi connectivity index (χ1v) is 5.02.